The molecule has 0 saturated heterocycles. The van der Waals surface area contributed by atoms with Crippen LogP contribution in [-0.2, 0) is 11.2 Å². The van der Waals surface area contributed by atoms with Crippen LogP contribution < -0.4 is 5.32 Å². The number of hydrogen-bond acceptors (Lipinski definition) is 4. The van der Waals surface area contributed by atoms with Gasteiger partial charge in [0.2, 0.25) is 5.91 Å². The smallest absolute Gasteiger partial charge is 0.220 e. The predicted octanol–water partition coefficient (Wildman–Crippen LogP) is 2.32. The van der Waals surface area contributed by atoms with E-state index in [1.54, 1.807) is 13.8 Å². The summed E-state index contributed by atoms with van der Waals surface area (Å²) in [6.45, 7) is 7.48. The Hall–Kier alpha value is -2.47. The third-order valence-corrected chi connectivity index (χ3v) is 4.49. The minimum absolute atomic E-state index is 0.0800. The van der Waals surface area contributed by atoms with Crippen LogP contribution in [0.2, 0.25) is 0 Å². The van der Waals surface area contributed by atoms with Crippen LogP contribution in [0.5, 0.6) is 0 Å². The summed E-state index contributed by atoms with van der Waals surface area (Å²) in [4.78, 5) is 16.9. The van der Waals surface area contributed by atoms with Gasteiger partial charge in [-0.1, -0.05) is 12.1 Å². The predicted molar refractivity (Wildman–Crippen MR) is 97.6 cm³/mol. The van der Waals surface area contributed by atoms with Crippen molar-refractivity contribution in [1.29, 1.82) is 0 Å². The van der Waals surface area contributed by atoms with E-state index in [1.807, 2.05) is 42.6 Å². The number of nitrogens with one attached hydrogen (secondary N) is 1. The van der Waals surface area contributed by atoms with Crippen molar-refractivity contribution in [2.45, 2.75) is 46.1 Å². The number of hydrogen-bond donors (Lipinski definition) is 2. The molecule has 0 saturated carbocycles. The van der Waals surface area contributed by atoms with Gasteiger partial charge in [0, 0.05) is 23.2 Å². The second-order valence-electron chi connectivity index (χ2n) is 7.10. The van der Waals surface area contributed by atoms with Gasteiger partial charge < -0.3 is 10.4 Å². The molecule has 0 bridgehead atoms. The molecule has 0 fully saturated rings. The molecule has 2 aromatic heterocycles. The minimum atomic E-state index is -0.608. The van der Waals surface area contributed by atoms with Gasteiger partial charge in [0.15, 0.2) is 5.65 Å². The molecule has 1 aromatic carbocycles. The molecule has 6 nitrogen and oxygen atoms in total. The van der Waals surface area contributed by atoms with Crippen molar-refractivity contribution in [3.8, 4) is 0 Å². The lowest BCUT2D eigenvalue weighted by atomic mass is 10.0. The van der Waals surface area contributed by atoms with Gasteiger partial charge in [0.25, 0.3) is 0 Å². The summed E-state index contributed by atoms with van der Waals surface area (Å²) in [6, 6.07) is 7.94. The maximum absolute atomic E-state index is 12.2. The van der Waals surface area contributed by atoms with Crippen LogP contribution in [0.25, 0.3) is 16.6 Å². The molecular formula is C19H24N4O2. The summed E-state index contributed by atoms with van der Waals surface area (Å²) in [6.07, 6.45) is 0.934. The van der Waals surface area contributed by atoms with Crippen molar-refractivity contribution >= 4 is 22.5 Å². The molecule has 0 spiro atoms. The Bertz CT molecular complexity index is 943. The van der Waals surface area contributed by atoms with Crippen LogP contribution in [0.3, 0.4) is 0 Å². The monoisotopic (exact) mass is 340 g/mol. The van der Waals surface area contributed by atoms with E-state index >= 15 is 0 Å². The van der Waals surface area contributed by atoms with E-state index in [4.69, 9.17) is 4.98 Å². The number of aliphatic hydroxyl groups is 1. The molecule has 0 atom stereocenters. The van der Waals surface area contributed by atoms with Crippen molar-refractivity contribution in [2.24, 2.45) is 0 Å². The van der Waals surface area contributed by atoms with E-state index in [1.165, 1.54) is 0 Å². The Morgan fingerprint density at radius 2 is 2.00 bits per heavy atom. The zero-order valence-electron chi connectivity index (χ0n) is 15.1. The van der Waals surface area contributed by atoms with E-state index < -0.39 is 5.54 Å². The molecule has 1 amide bonds. The fourth-order valence-electron chi connectivity index (χ4n) is 3.06. The Morgan fingerprint density at radius 1 is 1.28 bits per heavy atom. The summed E-state index contributed by atoms with van der Waals surface area (Å²) in [5.41, 5.74) is 4.12. The molecule has 0 aliphatic heterocycles. The van der Waals surface area contributed by atoms with Gasteiger partial charge in [-0.05, 0) is 51.8 Å². The van der Waals surface area contributed by atoms with Crippen molar-refractivity contribution in [2.75, 3.05) is 6.61 Å². The fourth-order valence-corrected chi connectivity index (χ4v) is 3.06. The summed E-state index contributed by atoms with van der Waals surface area (Å²) < 4.78 is 1.86. The van der Waals surface area contributed by atoms with E-state index in [9.17, 15) is 9.90 Å². The number of amides is 1. The van der Waals surface area contributed by atoms with Crippen LogP contribution in [0.1, 0.15) is 37.2 Å². The summed E-state index contributed by atoms with van der Waals surface area (Å²) in [5, 5.41) is 17.8. The largest absolute Gasteiger partial charge is 0.394 e. The van der Waals surface area contributed by atoms with Gasteiger partial charge >= 0.3 is 0 Å². The van der Waals surface area contributed by atoms with E-state index in [0.29, 0.717) is 12.8 Å². The van der Waals surface area contributed by atoms with Gasteiger partial charge in [-0.3, -0.25) is 4.79 Å². The second-order valence-corrected chi connectivity index (χ2v) is 7.10. The molecule has 3 rings (SSSR count). The Balaban J connectivity index is 1.89. The molecule has 132 valence electrons. The van der Waals surface area contributed by atoms with Crippen LogP contribution in [-0.4, -0.2) is 37.8 Å². The first-order chi connectivity index (χ1) is 11.8. The number of benzene rings is 1. The third kappa shape index (κ3) is 3.35. The number of aryl methyl sites for hydroxylation is 2. The van der Waals surface area contributed by atoms with Crippen LogP contribution in [0.4, 0.5) is 0 Å². The number of carbonyl (C=O) groups excluding carboxylic acids is 1. The lowest BCUT2D eigenvalue weighted by molar-refractivity contribution is -0.123. The molecule has 2 heterocycles. The summed E-state index contributed by atoms with van der Waals surface area (Å²) >= 11 is 0. The highest BCUT2D eigenvalue weighted by Gasteiger charge is 2.20. The summed E-state index contributed by atoms with van der Waals surface area (Å²) in [5.74, 6) is -0.0800. The number of aromatic nitrogens is 3. The lowest BCUT2D eigenvalue weighted by Gasteiger charge is -2.23. The number of carbonyl (C=O) groups is 1. The first-order valence-corrected chi connectivity index (χ1v) is 8.48. The lowest BCUT2D eigenvalue weighted by Crippen LogP contribution is -2.46. The molecule has 6 heteroatoms. The average Bonchev–Trinajstić information content (AvgIpc) is 2.93. The molecule has 0 unspecified atom stereocenters. The van der Waals surface area contributed by atoms with Gasteiger partial charge in [-0.2, -0.15) is 5.10 Å². The van der Waals surface area contributed by atoms with Gasteiger partial charge in [0.05, 0.1) is 17.7 Å². The fraction of sp³-hybridized carbons (Fsp3) is 0.421. The minimum Gasteiger partial charge on any atom is -0.394 e. The Labute approximate surface area is 146 Å². The standard InChI is InChI=1S/C19H24N4O2/c1-12-14(9-10-17(25)21-19(3,4)11-24)13(2)23-18(20-12)15-7-5-6-8-16(15)22-23/h5-8,24H,9-11H2,1-4H3,(H,21,25). The molecular weight excluding hydrogens is 316 g/mol. The van der Waals surface area contributed by atoms with Crippen LogP contribution in [0, 0.1) is 13.8 Å². The number of nitrogens with zero attached hydrogens (tertiary/aromatic N) is 3. The van der Waals surface area contributed by atoms with Gasteiger partial charge in [0.1, 0.15) is 0 Å². The topological polar surface area (TPSA) is 79.5 Å². The molecule has 0 aliphatic rings. The normalized spacial score (nSPS) is 12.0. The van der Waals surface area contributed by atoms with Crippen molar-refractivity contribution in [1.82, 2.24) is 19.9 Å². The zero-order valence-corrected chi connectivity index (χ0v) is 15.1. The Kier molecular flexibility index (Phi) is 4.47. The summed E-state index contributed by atoms with van der Waals surface area (Å²) in [7, 11) is 0. The van der Waals surface area contributed by atoms with Crippen molar-refractivity contribution < 1.29 is 9.90 Å². The highest BCUT2D eigenvalue weighted by atomic mass is 16.3. The molecule has 0 aliphatic carbocycles. The highest BCUT2D eigenvalue weighted by Crippen LogP contribution is 2.22. The molecule has 25 heavy (non-hydrogen) atoms. The van der Waals surface area contributed by atoms with Gasteiger partial charge in [-0.25, -0.2) is 9.50 Å². The number of aliphatic hydroxyl groups excluding tert-OH is 1. The maximum Gasteiger partial charge on any atom is 0.220 e. The van der Waals surface area contributed by atoms with E-state index in [0.717, 1.165) is 33.5 Å². The average molecular weight is 340 g/mol. The quantitative estimate of drug-likeness (QED) is 0.747. The number of fused-ring (bicyclic) bond motifs is 3. The first-order valence-electron chi connectivity index (χ1n) is 8.48. The SMILES string of the molecule is Cc1nc2c3ccccc3nn2c(C)c1CCC(=O)NC(C)(C)CO. The molecule has 3 aromatic rings. The van der Waals surface area contributed by atoms with Gasteiger partial charge in [-0.15, -0.1) is 0 Å². The van der Waals surface area contributed by atoms with E-state index in [-0.39, 0.29) is 12.5 Å². The Morgan fingerprint density at radius 3 is 2.72 bits per heavy atom. The van der Waals surface area contributed by atoms with Crippen LogP contribution >= 0.6 is 0 Å². The van der Waals surface area contributed by atoms with Crippen LogP contribution in [0.15, 0.2) is 24.3 Å². The maximum atomic E-state index is 12.2. The van der Waals surface area contributed by atoms with Crippen molar-refractivity contribution in [3.05, 3.63) is 41.2 Å². The third-order valence-electron chi connectivity index (χ3n) is 4.49. The van der Waals surface area contributed by atoms with Crippen molar-refractivity contribution in [3.63, 3.8) is 0 Å². The second kappa shape index (κ2) is 6.44. The number of rotatable bonds is 5. The zero-order chi connectivity index (χ0) is 18.2. The molecule has 0 radical (unpaired) electrons. The molecule has 2 N–H and O–H groups in total. The first kappa shape index (κ1) is 17.4. The van der Waals surface area contributed by atoms with E-state index in [2.05, 4.69) is 10.4 Å². The highest BCUT2D eigenvalue weighted by molar-refractivity contribution is 5.92.